The van der Waals surface area contributed by atoms with Crippen LogP contribution in [-0.2, 0) is 4.74 Å². The van der Waals surface area contributed by atoms with Crippen LogP contribution in [0.2, 0.25) is 0 Å². The number of rotatable bonds is 2. The molecule has 0 fully saturated rings. The first kappa shape index (κ1) is 9.74. The molecule has 0 aliphatic heterocycles. The lowest BCUT2D eigenvalue weighted by molar-refractivity contribution is 0.0793. The maximum absolute atomic E-state index is 5.12. The van der Waals surface area contributed by atoms with E-state index in [0.717, 1.165) is 0 Å². The Kier molecular flexibility index (Phi) is 4.42. The van der Waals surface area contributed by atoms with Gasteiger partial charge in [-0.15, -0.1) is 0 Å². The van der Waals surface area contributed by atoms with Gasteiger partial charge in [0.15, 0.2) is 0 Å². The SMILES string of the molecule is C=CC#CC(C)(CBr)OC. The van der Waals surface area contributed by atoms with Gasteiger partial charge in [-0.1, -0.05) is 34.3 Å². The van der Waals surface area contributed by atoms with E-state index >= 15 is 0 Å². The van der Waals surface area contributed by atoms with Crippen LogP contribution in [0.15, 0.2) is 12.7 Å². The summed E-state index contributed by atoms with van der Waals surface area (Å²) in [6.07, 6.45) is 1.56. The fraction of sp³-hybridized carbons (Fsp3) is 0.500. The summed E-state index contributed by atoms with van der Waals surface area (Å²) < 4.78 is 5.12. The minimum atomic E-state index is -0.381. The summed E-state index contributed by atoms with van der Waals surface area (Å²) in [5.74, 6) is 5.66. The molecule has 0 heterocycles. The van der Waals surface area contributed by atoms with E-state index in [0.29, 0.717) is 5.33 Å². The summed E-state index contributed by atoms with van der Waals surface area (Å²) in [5, 5.41) is 0.706. The molecule has 0 amide bonds. The first-order valence-electron chi connectivity index (χ1n) is 2.93. The van der Waals surface area contributed by atoms with Crippen molar-refractivity contribution in [1.82, 2.24) is 0 Å². The Morgan fingerprint density at radius 1 is 1.80 bits per heavy atom. The summed E-state index contributed by atoms with van der Waals surface area (Å²) in [6, 6.07) is 0. The normalized spacial score (nSPS) is 14.7. The van der Waals surface area contributed by atoms with E-state index in [4.69, 9.17) is 4.74 Å². The average molecular weight is 203 g/mol. The number of hydrogen-bond acceptors (Lipinski definition) is 1. The standard InChI is InChI=1S/C8H11BrO/c1-4-5-6-8(2,7-9)10-3/h4H,1,7H2,2-3H3. The van der Waals surface area contributed by atoms with Gasteiger partial charge in [-0.05, 0) is 13.0 Å². The fourth-order valence-electron chi connectivity index (χ4n) is 0.343. The van der Waals surface area contributed by atoms with Gasteiger partial charge in [0.2, 0.25) is 0 Å². The first-order chi connectivity index (χ1) is 4.68. The number of ether oxygens (including phenoxy) is 1. The van der Waals surface area contributed by atoms with Crippen molar-refractivity contribution < 1.29 is 4.74 Å². The van der Waals surface area contributed by atoms with Crippen LogP contribution >= 0.6 is 15.9 Å². The van der Waals surface area contributed by atoms with Gasteiger partial charge >= 0.3 is 0 Å². The van der Waals surface area contributed by atoms with Crippen LogP contribution in [-0.4, -0.2) is 18.0 Å². The van der Waals surface area contributed by atoms with E-state index in [1.165, 1.54) is 0 Å². The van der Waals surface area contributed by atoms with E-state index in [1.807, 2.05) is 6.92 Å². The lowest BCUT2D eigenvalue weighted by Crippen LogP contribution is -2.26. The van der Waals surface area contributed by atoms with Crippen LogP contribution in [0.3, 0.4) is 0 Å². The first-order valence-corrected chi connectivity index (χ1v) is 4.05. The maximum atomic E-state index is 5.12. The second-order valence-electron chi connectivity index (χ2n) is 2.04. The van der Waals surface area contributed by atoms with Crippen molar-refractivity contribution in [3.63, 3.8) is 0 Å². The minimum Gasteiger partial charge on any atom is -0.365 e. The van der Waals surface area contributed by atoms with E-state index in [-0.39, 0.29) is 5.60 Å². The molecule has 0 aromatic heterocycles. The van der Waals surface area contributed by atoms with Crippen molar-refractivity contribution in [2.24, 2.45) is 0 Å². The van der Waals surface area contributed by atoms with E-state index in [2.05, 4.69) is 34.3 Å². The Morgan fingerprint density at radius 3 is 2.70 bits per heavy atom. The summed E-state index contributed by atoms with van der Waals surface area (Å²) >= 11 is 3.30. The molecular formula is C8H11BrO. The molecule has 1 nitrogen and oxygen atoms in total. The van der Waals surface area contributed by atoms with Crippen molar-refractivity contribution in [3.8, 4) is 11.8 Å². The topological polar surface area (TPSA) is 9.23 Å². The number of methoxy groups -OCH3 is 1. The summed E-state index contributed by atoms with van der Waals surface area (Å²) in [4.78, 5) is 0. The third-order valence-corrected chi connectivity index (χ3v) is 2.21. The Labute approximate surface area is 70.6 Å². The van der Waals surface area contributed by atoms with Gasteiger partial charge in [-0.25, -0.2) is 0 Å². The molecule has 0 bridgehead atoms. The van der Waals surface area contributed by atoms with Crippen molar-refractivity contribution in [2.75, 3.05) is 12.4 Å². The quantitative estimate of drug-likeness (QED) is 0.492. The van der Waals surface area contributed by atoms with Gasteiger partial charge in [0.1, 0.15) is 5.60 Å². The van der Waals surface area contributed by atoms with Crippen molar-refractivity contribution in [1.29, 1.82) is 0 Å². The number of halogens is 1. The smallest absolute Gasteiger partial charge is 0.135 e. The Balaban J connectivity index is 4.18. The molecule has 2 heteroatoms. The van der Waals surface area contributed by atoms with Gasteiger partial charge in [0.25, 0.3) is 0 Å². The predicted molar refractivity (Wildman–Crippen MR) is 47.2 cm³/mol. The number of allylic oxidation sites excluding steroid dienone is 1. The highest BCUT2D eigenvalue weighted by Crippen LogP contribution is 2.10. The zero-order chi connectivity index (χ0) is 8.04. The van der Waals surface area contributed by atoms with E-state index in [9.17, 15) is 0 Å². The van der Waals surface area contributed by atoms with Crippen LogP contribution in [0.25, 0.3) is 0 Å². The highest BCUT2D eigenvalue weighted by Gasteiger charge is 2.17. The van der Waals surface area contributed by atoms with Gasteiger partial charge in [0, 0.05) is 12.4 Å². The van der Waals surface area contributed by atoms with E-state index in [1.54, 1.807) is 13.2 Å². The van der Waals surface area contributed by atoms with Gasteiger partial charge in [-0.3, -0.25) is 0 Å². The van der Waals surface area contributed by atoms with Crippen molar-refractivity contribution >= 4 is 15.9 Å². The number of alkyl halides is 1. The average Bonchev–Trinajstić information content (AvgIpc) is 2.00. The largest absolute Gasteiger partial charge is 0.365 e. The molecule has 1 atom stereocenters. The molecule has 1 unspecified atom stereocenters. The Morgan fingerprint density at radius 2 is 2.40 bits per heavy atom. The van der Waals surface area contributed by atoms with Gasteiger partial charge in [-0.2, -0.15) is 0 Å². The van der Waals surface area contributed by atoms with Crippen LogP contribution in [0.5, 0.6) is 0 Å². The molecule has 0 spiro atoms. The molecule has 0 saturated heterocycles. The molecule has 0 aliphatic rings. The number of hydrogen-bond donors (Lipinski definition) is 0. The molecule has 0 aromatic rings. The van der Waals surface area contributed by atoms with Crippen molar-refractivity contribution in [2.45, 2.75) is 12.5 Å². The van der Waals surface area contributed by atoms with E-state index < -0.39 is 0 Å². The van der Waals surface area contributed by atoms with Crippen molar-refractivity contribution in [3.05, 3.63) is 12.7 Å². The second kappa shape index (κ2) is 4.54. The fourth-order valence-corrected chi connectivity index (χ4v) is 0.712. The third kappa shape index (κ3) is 3.05. The maximum Gasteiger partial charge on any atom is 0.135 e. The molecule has 0 saturated carbocycles. The Hall–Kier alpha value is -0.260. The molecule has 0 radical (unpaired) electrons. The highest BCUT2D eigenvalue weighted by molar-refractivity contribution is 9.09. The Bertz CT molecular complexity index is 160. The molecule has 0 rings (SSSR count). The monoisotopic (exact) mass is 202 g/mol. The summed E-state index contributed by atoms with van der Waals surface area (Å²) in [6.45, 7) is 5.40. The van der Waals surface area contributed by atoms with Crippen LogP contribution < -0.4 is 0 Å². The van der Waals surface area contributed by atoms with Crippen LogP contribution in [0.4, 0.5) is 0 Å². The summed E-state index contributed by atoms with van der Waals surface area (Å²) in [5.41, 5.74) is -0.381. The predicted octanol–water partition coefficient (Wildman–Crippen LogP) is 1.98. The van der Waals surface area contributed by atoms with Gasteiger partial charge in [0.05, 0.1) is 0 Å². The molecule has 56 valence electrons. The highest BCUT2D eigenvalue weighted by atomic mass is 79.9. The summed E-state index contributed by atoms with van der Waals surface area (Å²) in [7, 11) is 1.64. The molecule has 0 aromatic carbocycles. The molecule has 0 aliphatic carbocycles. The lowest BCUT2D eigenvalue weighted by Gasteiger charge is -2.17. The van der Waals surface area contributed by atoms with Crippen LogP contribution in [0.1, 0.15) is 6.92 Å². The van der Waals surface area contributed by atoms with Gasteiger partial charge < -0.3 is 4.74 Å². The zero-order valence-corrected chi connectivity index (χ0v) is 7.86. The molecule has 10 heavy (non-hydrogen) atoms. The lowest BCUT2D eigenvalue weighted by atomic mass is 10.1. The second-order valence-corrected chi connectivity index (χ2v) is 2.60. The minimum absolute atomic E-state index is 0.381. The molecule has 0 N–H and O–H groups in total. The third-order valence-electron chi connectivity index (χ3n) is 1.14. The zero-order valence-electron chi connectivity index (χ0n) is 6.28. The van der Waals surface area contributed by atoms with Crippen LogP contribution in [0, 0.1) is 11.8 Å². The molecular weight excluding hydrogens is 192 g/mol.